The number of morpholine rings is 1. The zero-order valence-electron chi connectivity index (χ0n) is 12.0. The molecule has 2 aliphatic heterocycles. The first-order valence-corrected chi connectivity index (χ1v) is 7.21. The Balaban J connectivity index is 1.62. The number of rotatable bonds is 2. The Labute approximate surface area is 119 Å². The number of pyridine rings is 1. The molecule has 3 atom stereocenters. The normalized spacial score (nSPS) is 30.0. The van der Waals surface area contributed by atoms with Crippen LogP contribution in [0.15, 0.2) is 18.3 Å². The summed E-state index contributed by atoms with van der Waals surface area (Å²) in [7, 11) is 0. The molecule has 1 aromatic heterocycles. The number of hydrogen-bond donors (Lipinski definition) is 1. The summed E-state index contributed by atoms with van der Waals surface area (Å²) >= 11 is 0. The number of hydrogen-bond acceptors (Lipinski definition) is 4. The van der Waals surface area contributed by atoms with E-state index < -0.39 is 0 Å². The van der Waals surface area contributed by atoms with Crippen LogP contribution in [0.2, 0.25) is 0 Å². The fourth-order valence-corrected chi connectivity index (χ4v) is 3.12. The van der Waals surface area contributed by atoms with Crippen LogP contribution in [0.5, 0.6) is 0 Å². The highest BCUT2D eigenvalue weighted by Crippen LogP contribution is 2.23. The van der Waals surface area contributed by atoms with E-state index in [0.29, 0.717) is 17.8 Å². The summed E-state index contributed by atoms with van der Waals surface area (Å²) in [6.45, 7) is 6.65. The van der Waals surface area contributed by atoms with Gasteiger partial charge in [0.05, 0.1) is 12.7 Å². The van der Waals surface area contributed by atoms with Crippen LogP contribution < -0.4 is 5.32 Å². The van der Waals surface area contributed by atoms with E-state index in [4.69, 9.17) is 4.74 Å². The number of amides is 1. The molecule has 108 valence electrons. The van der Waals surface area contributed by atoms with Crippen LogP contribution in [0.3, 0.4) is 0 Å². The summed E-state index contributed by atoms with van der Waals surface area (Å²) in [6, 6.07) is 4.40. The van der Waals surface area contributed by atoms with Gasteiger partial charge in [-0.05, 0) is 31.9 Å². The molecule has 20 heavy (non-hydrogen) atoms. The van der Waals surface area contributed by atoms with Gasteiger partial charge in [-0.2, -0.15) is 0 Å². The van der Waals surface area contributed by atoms with Crippen LogP contribution in [0.1, 0.15) is 29.4 Å². The minimum atomic E-state index is -0.0677. The maximum Gasteiger partial charge on any atom is 0.270 e. The van der Waals surface area contributed by atoms with Crippen molar-refractivity contribution in [3.63, 3.8) is 0 Å². The van der Waals surface area contributed by atoms with Gasteiger partial charge in [-0.1, -0.05) is 6.07 Å². The number of ether oxygens (including phenoxy) is 1. The van der Waals surface area contributed by atoms with Crippen LogP contribution in [0.25, 0.3) is 0 Å². The molecule has 5 heteroatoms. The summed E-state index contributed by atoms with van der Waals surface area (Å²) in [5, 5.41) is 3.11. The molecular weight excluding hydrogens is 254 g/mol. The lowest BCUT2D eigenvalue weighted by Crippen LogP contribution is -2.45. The zero-order chi connectivity index (χ0) is 14.1. The van der Waals surface area contributed by atoms with Gasteiger partial charge in [0.1, 0.15) is 5.69 Å². The standard InChI is InChI=1S/C15H21N3O2/c1-10-4-3-5-16-14(10)15(19)17-12-6-13-9-20-11(2)7-18(13)8-12/h3-5,11-13H,6-9H2,1-2H3,(H,17,19)/t11-,12-,13+/m1/s1. The predicted octanol–water partition coefficient (Wildman–Crippen LogP) is 0.981. The number of nitrogens with zero attached hydrogens (tertiary/aromatic N) is 2. The van der Waals surface area contributed by atoms with E-state index in [9.17, 15) is 4.79 Å². The largest absolute Gasteiger partial charge is 0.376 e. The quantitative estimate of drug-likeness (QED) is 0.874. The Bertz CT molecular complexity index is 506. The molecule has 0 aliphatic carbocycles. The summed E-state index contributed by atoms with van der Waals surface area (Å²) in [5.74, 6) is -0.0677. The third-order valence-corrected chi connectivity index (χ3v) is 4.15. The molecule has 0 aromatic carbocycles. The van der Waals surface area contributed by atoms with Gasteiger partial charge in [0.2, 0.25) is 0 Å². The van der Waals surface area contributed by atoms with Gasteiger partial charge in [0.15, 0.2) is 0 Å². The van der Waals surface area contributed by atoms with Gasteiger partial charge >= 0.3 is 0 Å². The summed E-state index contributed by atoms with van der Waals surface area (Å²) in [4.78, 5) is 18.9. The average Bonchev–Trinajstić information content (AvgIpc) is 2.80. The maximum absolute atomic E-state index is 12.3. The van der Waals surface area contributed by atoms with E-state index in [1.54, 1.807) is 6.20 Å². The van der Waals surface area contributed by atoms with E-state index in [0.717, 1.165) is 31.7 Å². The fraction of sp³-hybridized carbons (Fsp3) is 0.600. The van der Waals surface area contributed by atoms with Crippen LogP contribution >= 0.6 is 0 Å². The third-order valence-electron chi connectivity index (χ3n) is 4.15. The first-order chi connectivity index (χ1) is 9.63. The summed E-state index contributed by atoms with van der Waals surface area (Å²) in [5.41, 5.74) is 1.44. The number of carbonyl (C=O) groups excluding carboxylic acids is 1. The van der Waals surface area contributed by atoms with E-state index in [1.807, 2.05) is 19.1 Å². The van der Waals surface area contributed by atoms with Crippen molar-refractivity contribution < 1.29 is 9.53 Å². The second-order valence-electron chi connectivity index (χ2n) is 5.83. The van der Waals surface area contributed by atoms with Crippen LogP contribution in [-0.4, -0.2) is 53.7 Å². The van der Waals surface area contributed by atoms with Crippen molar-refractivity contribution in [3.05, 3.63) is 29.6 Å². The Morgan fingerprint density at radius 3 is 3.15 bits per heavy atom. The number of carbonyl (C=O) groups is 1. The molecule has 3 rings (SSSR count). The zero-order valence-corrected chi connectivity index (χ0v) is 12.0. The number of nitrogens with one attached hydrogen (secondary N) is 1. The third kappa shape index (κ3) is 2.69. The molecule has 1 N–H and O–H groups in total. The molecule has 3 heterocycles. The van der Waals surface area contributed by atoms with Crippen molar-refractivity contribution in [1.29, 1.82) is 0 Å². The highest BCUT2D eigenvalue weighted by atomic mass is 16.5. The Morgan fingerprint density at radius 2 is 2.35 bits per heavy atom. The lowest BCUT2D eigenvalue weighted by atomic mass is 10.1. The Kier molecular flexibility index (Phi) is 3.72. The molecule has 2 fully saturated rings. The van der Waals surface area contributed by atoms with Crippen molar-refractivity contribution in [2.45, 2.75) is 38.5 Å². The summed E-state index contributed by atoms with van der Waals surface area (Å²) < 4.78 is 5.68. The minimum absolute atomic E-state index is 0.0677. The van der Waals surface area contributed by atoms with Gasteiger partial charge in [0, 0.05) is 31.4 Å². The minimum Gasteiger partial charge on any atom is -0.376 e. The van der Waals surface area contributed by atoms with Crippen LogP contribution in [-0.2, 0) is 4.74 Å². The van der Waals surface area contributed by atoms with E-state index in [2.05, 4.69) is 22.1 Å². The van der Waals surface area contributed by atoms with Gasteiger partial charge in [-0.25, -0.2) is 0 Å². The smallest absolute Gasteiger partial charge is 0.270 e. The van der Waals surface area contributed by atoms with Gasteiger partial charge < -0.3 is 10.1 Å². The van der Waals surface area contributed by atoms with Crippen LogP contribution in [0, 0.1) is 6.92 Å². The Hall–Kier alpha value is -1.46. The molecule has 5 nitrogen and oxygen atoms in total. The lowest BCUT2D eigenvalue weighted by molar-refractivity contribution is -0.0390. The molecule has 2 aliphatic rings. The van der Waals surface area contributed by atoms with Crippen LogP contribution in [0.4, 0.5) is 0 Å². The van der Waals surface area contributed by atoms with Crippen molar-refractivity contribution in [3.8, 4) is 0 Å². The molecule has 0 bridgehead atoms. The summed E-state index contributed by atoms with van der Waals surface area (Å²) in [6.07, 6.45) is 2.92. The van der Waals surface area contributed by atoms with E-state index >= 15 is 0 Å². The van der Waals surface area contributed by atoms with Gasteiger partial charge in [-0.15, -0.1) is 0 Å². The maximum atomic E-state index is 12.3. The molecule has 1 aromatic rings. The monoisotopic (exact) mass is 275 g/mol. The first-order valence-electron chi connectivity index (χ1n) is 7.21. The number of aryl methyl sites for hydroxylation is 1. The second-order valence-corrected chi connectivity index (χ2v) is 5.83. The predicted molar refractivity (Wildman–Crippen MR) is 75.6 cm³/mol. The second kappa shape index (κ2) is 5.50. The SMILES string of the molecule is Cc1cccnc1C(=O)N[C@@H]1C[C@H]2CO[C@H](C)CN2C1. The van der Waals surface area contributed by atoms with E-state index in [-0.39, 0.29) is 11.9 Å². The topological polar surface area (TPSA) is 54.5 Å². The fourth-order valence-electron chi connectivity index (χ4n) is 3.12. The molecule has 1 amide bonds. The average molecular weight is 275 g/mol. The van der Waals surface area contributed by atoms with Crippen molar-refractivity contribution in [2.75, 3.05) is 19.7 Å². The lowest BCUT2D eigenvalue weighted by Gasteiger charge is -2.33. The molecule has 0 unspecified atom stereocenters. The molecular formula is C15H21N3O2. The van der Waals surface area contributed by atoms with E-state index in [1.165, 1.54) is 0 Å². The molecule has 2 saturated heterocycles. The molecule has 0 spiro atoms. The first kappa shape index (κ1) is 13.5. The highest BCUT2D eigenvalue weighted by molar-refractivity contribution is 5.93. The number of aromatic nitrogens is 1. The molecule has 0 radical (unpaired) electrons. The number of fused-ring (bicyclic) bond motifs is 1. The van der Waals surface area contributed by atoms with Crippen molar-refractivity contribution >= 4 is 5.91 Å². The van der Waals surface area contributed by atoms with Crippen molar-refractivity contribution in [2.24, 2.45) is 0 Å². The highest BCUT2D eigenvalue weighted by Gasteiger charge is 2.36. The van der Waals surface area contributed by atoms with Crippen molar-refractivity contribution in [1.82, 2.24) is 15.2 Å². The van der Waals surface area contributed by atoms with Gasteiger partial charge in [-0.3, -0.25) is 14.7 Å². The molecule has 0 saturated carbocycles. The Morgan fingerprint density at radius 1 is 1.50 bits per heavy atom. The van der Waals surface area contributed by atoms with Gasteiger partial charge in [0.25, 0.3) is 5.91 Å².